The van der Waals surface area contributed by atoms with Gasteiger partial charge in [-0.25, -0.2) is 9.97 Å². The van der Waals surface area contributed by atoms with E-state index in [0.29, 0.717) is 24.6 Å². The van der Waals surface area contributed by atoms with Crippen LogP contribution < -0.4 is 5.32 Å². The van der Waals surface area contributed by atoms with Crippen LogP contribution in [0.2, 0.25) is 0 Å². The van der Waals surface area contributed by atoms with Crippen LogP contribution in [0.5, 0.6) is 0 Å². The van der Waals surface area contributed by atoms with Gasteiger partial charge in [-0.1, -0.05) is 13.3 Å². The number of unbranched alkanes of at least 4 members (excludes halogenated alkanes) is 1. The molecule has 18 heavy (non-hydrogen) atoms. The number of amides is 1. The van der Waals surface area contributed by atoms with Crippen molar-refractivity contribution in [3.8, 4) is 0 Å². The molecule has 2 N–H and O–H groups in total. The predicted molar refractivity (Wildman–Crippen MR) is 69.5 cm³/mol. The second kappa shape index (κ2) is 7.60. The predicted octanol–water partition coefficient (Wildman–Crippen LogP) is 0.753. The van der Waals surface area contributed by atoms with Gasteiger partial charge in [0.25, 0.3) is 5.91 Å². The van der Waals surface area contributed by atoms with Gasteiger partial charge in [0.2, 0.25) is 0 Å². The number of rotatable bonds is 7. The monoisotopic (exact) mass is 252 g/mol. The number of nitrogens with zero attached hydrogens (tertiary/aromatic N) is 3. The molecule has 1 heterocycles. The maximum Gasteiger partial charge on any atom is 0.274 e. The number of aliphatic hydroxyl groups is 1. The molecule has 1 rings (SSSR count). The summed E-state index contributed by atoms with van der Waals surface area (Å²) in [5.74, 6) is 0.432. The molecule has 1 aromatic rings. The summed E-state index contributed by atoms with van der Waals surface area (Å²) >= 11 is 0. The quantitative estimate of drug-likeness (QED) is 0.749. The fourth-order valence-corrected chi connectivity index (χ4v) is 1.51. The largest absolute Gasteiger partial charge is 0.395 e. The number of anilines is 1. The Balaban J connectivity index is 2.73. The van der Waals surface area contributed by atoms with Crippen LogP contribution >= 0.6 is 0 Å². The number of aromatic nitrogens is 2. The van der Waals surface area contributed by atoms with E-state index in [2.05, 4.69) is 22.2 Å². The van der Waals surface area contributed by atoms with Crippen LogP contribution in [0.1, 0.15) is 30.3 Å². The summed E-state index contributed by atoms with van der Waals surface area (Å²) in [7, 11) is 1.74. The van der Waals surface area contributed by atoms with E-state index in [1.807, 2.05) is 0 Å². The first kappa shape index (κ1) is 14.4. The summed E-state index contributed by atoms with van der Waals surface area (Å²) < 4.78 is 0. The van der Waals surface area contributed by atoms with Gasteiger partial charge in [0.1, 0.15) is 11.5 Å². The van der Waals surface area contributed by atoms with Crippen LogP contribution in [0.4, 0.5) is 5.82 Å². The lowest BCUT2D eigenvalue weighted by Crippen LogP contribution is -2.35. The van der Waals surface area contributed by atoms with E-state index >= 15 is 0 Å². The van der Waals surface area contributed by atoms with Crippen LogP contribution in [0.15, 0.2) is 12.4 Å². The summed E-state index contributed by atoms with van der Waals surface area (Å²) in [6.45, 7) is 2.97. The molecule has 0 unspecified atom stereocenters. The number of hydrogen-bond donors (Lipinski definition) is 2. The molecule has 0 saturated carbocycles. The third-order valence-electron chi connectivity index (χ3n) is 2.57. The van der Waals surface area contributed by atoms with Crippen molar-refractivity contribution in [2.45, 2.75) is 19.8 Å². The van der Waals surface area contributed by atoms with Gasteiger partial charge in [0.05, 0.1) is 19.0 Å². The molecule has 1 aromatic heterocycles. The van der Waals surface area contributed by atoms with Crippen molar-refractivity contribution >= 4 is 11.7 Å². The maximum atomic E-state index is 12.1. The highest BCUT2D eigenvalue weighted by molar-refractivity contribution is 5.92. The first-order valence-corrected chi connectivity index (χ1v) is 6.12. The molecular formula is C12H20N4O2. The molecule has 0 aliphatic carbocycles. The van der Waals surface area contributed by atoms with E-state index in [1.165, 1.54) is 12.4 Å². The zero-order valence-corrected chi connectivity index (χ0v) is 10.9. The first-order valence-electron chi connectivity index (χ1n) is 6.12. The fourth-order valence-electron chi connectivity index (χ4n) is 1.51. The molecule has 0 radical (unpaired) electrons. The first-order chi connectivity index (χ1) is 8.72. The highest BCUT2D eigenvalue weighted by Crippen LogP contribution is 2.05. The lowest BCUT2D eigenvalue weighted by atomic mass is 10.3. The second-order valence-electron chi connectivity index (χ2n) is 3.91. The van der Waals surface area contributed by atoms with E-state index in [0.717, 1.165) is 12.8 Å². The van der Waals surface area contributed by atoms with Crippen LogP contribution in [-0.2, 0) is 0 Å². The number of carbonyl (C=O) groups excluding carboxylic acids is 1. The summed E-state index contributed by atoms with van der Waals surface area (Å²) in [6, 6.07) is 0. The van der Waals surface area contributed by atoms with Gasteiger partial charge in [0.15, 0.2) is 0 Å². The van der Waals surface area contributed by atoms with E-state index in [1.54, 1.807) is 11.9 Å². The zero-order chi connectivity index (χ0) is 13.4. The van der Waals surface area contributed by atoms with Crippen molar-refractivity contribution in [3.05, 3.63) is 18.1 Å². The summed E-state index contributed by atoms with van der Waals surface area (Å²) in [4.78, 5) is 21.9. The summed E-state index contributed by atoms with van der Waals surface area (Å²) in [5.41, 5.74) is 0.304. The third kappa shape index (κ3) is 3.96. The van der Waals surface area contributed by atoms with E-state index in [-0.39, 0.29) is 12.5 Å². The summed E-state index contributed by atoms with van der Waals surface area (Å²) in [5, 5.41) is 11.8. The Bertz CT molecular complexity index is 367. The van der Waals surface area contributed by atoms with Crippen LogP contribution in [0.25, 0.3) is 0 Å². The van der Waals surface area contributed by atoms with Gasteiger partial charge in [-0.15, -0.1) is 0 Å². The van der Waals surface area contributed by atoms with E-state index in [4.69, 9.17) is 5.11 Å². The number of nitrogens with one attached hydrogen (secondary N) is 1. The average molecular weight is 252 g/mol. The molecule has 0 saturated heterocycles. The molecule has 6 nitrogen and oxygen atoms in total. The van der Waals surface area contributed by atoms with Crippen molar-refractivity contribution in [1.29, 1.82) is 0 Å². The molecule has 0 fully saturated rings. The van der Waals surface area contributed by atoms with Gasteiger partial charge in [-0.05, 0) is 6.42 Å². The lowest BCUT2D eigenvalue weighted by molar-refractivity contribution is 0.0713. The standard InChI is InChI=1S/C12H20N4O2/c1-3-4-5-16(6-7-17)12(18)10-8-15-11(13-2)9-14-10/h8-9,17H,3-7H2,1-2H3,(H,13,15). The summed E-state index contributed by atoms with van der Waals surface area (Å²) in [6.07, 6.45) is 4.88. The molecule has 0 atom stereocenters. The Kier molecular flexibility index (Phi) is 6.07. The normalized spacial score (nSPS) is 10.2. The number of aliphatic hydroxyl groups excluding tert-OH is 1. The minimum absolute atomic E-state index is 0.0442. The van der Waals surface area contributed by atoms with Crippen LogP contribution in [0, 0.1) is 0 Å². The van der Waals surface area contributed by atoms with Crippen molar-refractivity contribution in [1.82, 2.24) is 14.9 Å². The van der Waals surface area contributed by atoms with Crippen LogP contribution in [-0.4, -0.2) is 52.6 Å². The van der Waals surface area contributed by atoms with Crippen molar-refractivity contribution < 1.29 is 9.90 Å². The Hall–Kier alpha value is -1.69. The Morgan fingerprint density at radius 3 is 2.67 bits per heavy atom. The van der Waals surface area contributed by atoms with E-state index in [9.17, 15) is 4.79 Å². The van der Waals surface area contributed by atoms with Crippen molar-refractivity contribution in [2.75, 3.05) is 32.1 Å². The van der Waals surface area contributed by atoms with Gasteiger partial charge in [0, 0.05) is 20.1 Å². The molecule has 0 aromatic carbocycles. The van der Waals surface area contributed by atoms with Crippen molar-refractivity contribution in [2.24, 2.45) is 0 Å². The molecule has 1 amide bonds. The molecule has 0 aliphatic rings. The van der Waals surface area contributed by atoms with Gasteiger partial charge in [-0.3, -0.25) is 4.79 Å². The topological polar surface area (TPSA) is 78.3 Å². The smallest absolute Gasteiger partial charge is 0.274 e. The highest BCUT2D eigenvalue weighted by Gasteiger charge is 2.16. The minimum Gasteiger partial charge on any atom is -0.395 e. The average Bonchev–Trinajstić information content (AvgIpc) is 2.43. The molecule has 0 bridgehead atoms. The van der Waals surface area contributed by atoms with Gasteiger partial charge < -0.3 is 15.3 Å². The van der Waals surface area contributed by atoms with Gasteiger partial charge >= 0.3 is 0 Å². The van der Waals surface area contributed by atoms with E-state index < -0.39 is 0 Å². The Morgan fingerprint density at radius 1 is 1.39 bits per heavy atom. The molecule has 0 aliphatic heterocycles. The SMILES string of the molecule is CCCCN(CCO)C(=O)c1cnc(NC)cn1. The highest BCUT2D eigenvalue weighted by atomic mass is 16.3. The van der Waals surface area contributed by atoms with Crippen LogP contribution in [0.3, 0.4) is 0 Å². The number of carbonyl (C=O) groups is 1. The van der Waals surface area contributed by atoms with Crippen molar-refractivity contribution in [3.63, 3.8) is 0 Å². The second-order valence-corrected chi connectivity index (χ2v) is 3.91. The molecule has 6 heteroatoms. The molecular weight excluding hydrogens is 232 g/mol. The number of hydrogen-bond acceptors (Lipinski definition) is 5. The lowest BCUT2D eigenvalue weighted by Gasteiger charge is -2.20. The minimum atomic E-state index is -0.187. The molecule has 100 valence electrons. The fraction of sp³-hybridized carbons (Fsp3) is 0.583. The zero-order valence-electron chi connectivity index (χ0n) is 10.9. The molecule has 0 spiro atoms. The van der Waals surface area contributed by atoms with Gasteiger partial charge in [-0.2, -0.15) is 0 Å². The maximum absolute atomic E-state index is 12.1. The Morgan fingerprint density at radius 2 is 2.17 bits per heavy atom. The third-order valence-corrected chi connectivity index (χ3v) is 2.57. The Labute approximate surface area is 107 Å².